The van der Waals surface area contributed by atoms with Gasteiger partial charge in [0, 0.05) is 54.6 Å². The Morgan fingerprint density at radius 2 is 1.78 bits per heavy atom. The molecule has 2 amide bonds. The van der Waals surface area contributed by atoms with Crippen molar-refractivity contribution in [2.75, 3.05) is 14.1 Å². The SMILES string of the molecule is CN(C)C(=O)c1cccc(-c2cccnc2[C@H](Cc2cc(F)cc(F)c2)NC(=O)Cc2c[nH]c3ccc(O)cc23)c1. The third-order valence-corrected chi connectivity index (χ3v) is 6.79. The first kappa shape index (κ1) is 27.5. The standard InChI is InChI=1S/C32H28F2N4O3/c1-38(2)32(41)21-6-3-5-20(14-21)26-7-4-10-35-31(26)29(13-19-11-23(33)16-24(34)12-19)37-30(40)15-22-18-36-28-9-8-25(39)17-27(22)28/h3-12,14,16-18,29,36,39H,13,15H2,1-2H3,(H,37,40)/t29-/m0/s1. The molecule has 7 nitrogen and oxygen atoms in total. The molecule has 5 aromatic rings. The minimum absolute atomic E-state index is 0.00749. The van der Waals surface area contributed by atoms with Crippen molar-refractivity contribution >= 4 is 22.7 Å². The zero-order chi connectivity index (χ0) is 29.1. The van der Waals surface area contributed by atoms with E-state index in [1.807, 2.05) is 12.1 Å². The number of rotatable bonds is 8. The number of carbonyl (C=O) groups excluding carboxylic acids is 2. The van der Waals surface area contributed by atoms with Gasteiger partial charge in [0.05, 0.1) is 18.2 Å². The average Bonchev–Trinajstić information content (AvgIpc) is 3.33. The van der Waals surface area contributed by atoms with Gasteiger partial charge >= 0.3 is 0 Å². The summed E-state index contributed by atoms with van der Waals surface area (Å²) in [5, 5.41) is 13.6. The number of aromatic nitrogens is 2. The van der Waals surface area contributed by atoms with Crippen molar-refractivity contribution in [1.29, 1.82) is 0 Å². The quantitative estimate of drug-likeness (QED) is 0.234. The van der Waals surface area contributed by atoms with Crippen LogP contribution in [-0.2, 0) is 17.6 Å². The van der Waals surface area contributed by atoms with Gasteiger partial charge in [-0.1, -0.05) is 18.2 Å². The minimum Gasteiger partial charge on any atom is -0.508 e. The molecule has 0 saturated heterocycles. The zero-order valence-electron chi connectivity index (χ0n) is 22.5. The van der Waals surface area contributed by atoms with E-state index in [9.17, 15) is 23.5 Å². The van der Waals surface area contributed by atoms with Crippen LogP contribution >= 0.6 is 0 Å². The van der Waals surface area contributed by atoms with Gasteiger partial charge in [-0.2, -0.15) is 0 Å². The predicted octanol–water partition coefficient (Wildman–Crippen LogP) is 5.56. The van der Waals surface area contributed by atoms with Crippen molar-refractivity contribution in [3.63, 3.8) is 0 Å². The number of phenolic OH excluding ortho intramolecular Hbond substituents is 1. The van der Waals surface area contributed by atoms with Gasteiger partial charge < -0.3 is 20.3 Å². The largest absolute Gasteiger partial charge is 0.508 e. The fourth-order valence-corrected chi connectivity index (χ4v) is 4.93. The molecule has 0 radical (unpaired) electrons. The molecular weight excluding hydrogens is 526 g/mol. The molecular formula is C32H28F2N4O3. The van der Waals surface area contributed by atoms with E-state index in [1.54, 1.807) is 69.0 Å². The van der Waals surface area contributed by atoms with Crippen molar-refractivity contribution in [3.8, 4) is 16.9 Å². The lowest BCUT2D eigenvalue weighted by Gasteiger charge is -2.22. The number of hydrogen-bond acceptors (Lipinski definition) is 4. The summed E-state index contributed by atoms with van der Waals surface area (Å²) in [5.74, 6) is -1.87. The molecule has 5 rings (SSSR count). The Hall–Kier alpha value is -5.05. The summed E-state index contributed by atoms with van der Waals surface area (Å²) in [7, 11) is 3.34. The van der Waals surface area contributed by atoms with Crippen LogP contribution in [0.1, 0.15) is 33.2 Å². The Labute approximate surface area is 235 Å². The Kier molecular flexibility index (Phi) is 7.78. The molecule has 1 atom stereocenters. The average molecular weight is 555 g/mol. The number of benzene rings is 3. The van der Waals surface area contributed by atoms with E-state index in [0.29, 0.717) is 38.9 Å². The third-order valence-electron chi connectivity index (χ3n) is 6.79. The molecule has 2 heterocycles. The normalized spacial score (nSPS) is 11.8. The topological polar surface area (TPSA) is 98.3 Å². The van der Waals surface area contributed by atoms with E-state index in [-0.39, 0.29) is 30.4 Å². The smallest absolute Gasteiger partial charge is 0.253 e. The summed E-state index contributed by atoms with van der Waals surface area (Å²) in [4.78, 5) is 35.2. The van der Waals surface area contributed by atoms with Crippen molar-refractivity contribution in [3.05, 3.63) is 119 Å². The highest BCUT2D eigenvalue weighted by atomic mass is 19.1. The molecule has 0 aliphatic rings. The minimum atomic E-state index is -0.758. The first-order valence-corrected chi connectivity index (χ1v) is 13.0. The van der Waals surface area contributed by atoms with Crippen LogP contribution in [0.15, 0.2) is 85.2 Å². The van der Waals surface area contributed by atoms with Gasteiger partial charge in [0.25, 0.3) is 5.91 Å². The summed E-state index contributed by atoms with van der Waals surface area (Å²) in [6.07, 6.45) is 3.35. The molecule has 0 aliphatic carbocycles. The van der Waals surface area contributed by atoms with Crippen molar-refractivity contribution in [2.45, 2.75) is 18.9 Å². The second kappa shape index (κ2) is 11.6. The number of fused-ring (bicyclic) bond motifs is 1. The van der Waals surface area contributed by atoms with E-state index >= 15 is 0 Å². The van der Waals surface area contributed by atoms with Crippen LogP contribution < -0.4 is 5.32 Å². The lowest BCUT2D eigenvalue weighted by molar-refractivity contribution is -0.121. The van der Waals surface area contributed by atoms with E-state index in [2.05, 4.69) is 15.3 Å². The number of phenols is 1. The zero-order valence-corrected chi connectivity index (χ0v) is 22.5. The second-order valence-electron chi connectivity index (χ2n) is 10.0. The highest BCUT2D eigenvalue weighted by Gasteiger charge is 2.23. The lowest BCUT2D eigenvalue weighted by atomic mass is 9.94. The van der Waals surface area contributed by atoms with Gasteiger partial charge in [-0.3, -0.25) is 14.6 Å². The van der Waals surface area contributed by atoms with Crippen molar-refractivity contribution in [2.24, 2.45) is 0 Å². The number of halogens is 2. The first-order chi connectivity index (χ1) is 19.7. The fraction of sp³-hybridized carbons (Fsp3) is 0.156. The summed E-state index contributed by atoms with van der Waals surface area (Å²) in [5.41, 5.74) is 4.14. The summed E-state index contributed by atoms with van der Waals surface area (Å²) in [6, 6.07) is 18.0. The number of nitrogens with zero attached hydrogens (tertiary/aromatic N) is 2. The summed E-state index contributed by atoms with van der Waals surface area (Å²) < 4.78 is 28.2. The summed E-state index contributed by atoms with van der Waals surface area (Å²) in [6.45, 7) is 0. The van der Waals surface area contributed by atoms with Gasteiger partial charge in [-0.15, -0.1) is 0 Å². The third kappa shape index (κ3) is 6.24. The molecule has 208 valence electrons. The van der Waals surface area contributed by atoms with Gasteiger partial charge in [-0.25, -0.2) is 8.78 Å². The highest BCUT2D eigenvalue weighted by molar-refractivity contribution is 5.95. The van der Waals surface area contributed by atoms with Crippen molar-refractivity contribution in [1.82, 2.24) is 20.2 Å². The maximum absolute atomic E-state index is 14.1. The molecule has 9 heteroatoms. The molecule has 2 aromatic heterocycles. The molecule has 3 aromatic carbocycles. The number of amides is 2. The van der Waals surface area contributed by atoms with E-state index in [0.717, 1.165) is 11.6 Å². The van der Waals surface area contributed by atoms with Gasteiger partial charge in [-0.05, 0) is 71.6 Å². The molecule has 0 aliphatic heterocycles. The van der Waals surface area contributed by atoms with E-state index < -0.39 is 17.7 Å². The van der Waals surface area contributed by atoms with Crippen LogP contribution in [0.5, 0.6) is 5.75 Å². The second-order valence-corrected chi connectivity index (χ2v) is 10.0. The monoisotopic (exact) mass is 554 g/mol. The molecule has 0 fully saturated rings. The number of nitrogens with one attached hydrogen (secondary N) is 2. The fourth-order valence-electron chi connectivity index (χ4n) is 4.93. The number of aromatic hydroxyl groups is 1. The number of pyridine rings is 1. The van der Waals surface area contributed by atoms with E-state index in [4.69, 9.17) is 0 Å². The Bertz CT molecular complexity index is 1730. The lowest BCUT2D eigenvalue weighted by Crippen LogP contribution is -2.32. The number of hydrogen-bond donors (Lipinski definition) is 3. The van der Waals surface area contributed by atoms with Crippen LogP contribution in [0.2, 0.25) is 0 Å². The van der Waals surface area contributed by atoms with Crippen LogP contribution in [0, 0.1) is 11.6 Å². The predicted molar refractivity (Wildman–Crippen MR) is 152 cm³/mol. The Balaban J connectivity index is 1.52. The number of aromatic amines is 1. The van der Waals surface area contributed by atoms with Gasteiger partial charge in [0.15, 0.2) is 0 Å². The van der Waals surface area contributed by atoms with Crippen LogP contribution in [0.25, 0.3) is 22.0 Å². The molecule has 0 saturated carbocycles. The van der Waals surface area contributed by atoms with Crippen LogP contribution in [0.4, 0.5) is 8.78 Å². The summed E-state index contributed by atoms with van der Waals surface area (Å²) >= 11 is 0. The van der Waals surface area contributed by atoms with E-state index in [1.165, 1.54) is 17.0 Å². The Morgan fingerprint density at radius 3 is 2.54 bits per heavy atom. The van der Waals surface area contributed by atoms with Crippen LogP contribution in [0.3, 0.4) is 0 Å². The molecule has 41 heavy (non-hydrogen) atoms. The van der Waals surface area contributed by atoms with Gasteiger partial charge in [0.1, 0.15) is 17.4 Å². The maximum Gasteiger partial charge on any atom is 0.253 e. The molecule has 0 unspecified atom stereocenters. The molecule has 0 spiro atoms. The maximum atomic E-state index is 14.1. The highest BCUT2D eigenvalue weighted by Crippen LogP contribution is 2.30. The number of carbonyl (C=O) groups is 2. The van der Waals surface area contributed by atoms with Crippen LogP contribution in [-0.4, -0.2) is 45.9 Å². The molecule has 3 N–H and O–H groups in total. The van der Waals surface area contributed by atoms with Crippen molar-refractivity contribution < 1.29 is 23.5 Å². The number of H-pyrrole nitrogens is 1. The Morgan fingerprint density at radius 1 is 1.00 bits per heavy atom. The first-order valence-electron chi connectivity index (χ1n) is 13.0. The molecule has 0 bridgehead atoms. The van der Waals surface area contributed by atoms with Gasteiger partial charge in [0.2, 0.25) is 5.91 Å².